The van der Waals surface area contributed by atoms with Gasteiger partial charge < -0.3 is 14.5 Å². The van der Waals surface area contributed by atoms with Gasteiger partial charge in [-0.15, -0.1) is 0 Å². The van der Waals surface area contributed by atoms with Crippen LogP contribution in [0.1, 0.15) is 44.6 Å². The van der Waals surface area contributed by atoms with E-state index in [4.69, 9.17) is 9.47 Å². The Labute approximate surface area is 165 Å². The minimum Gasteiger partial charge on any atom is -0.496 e. The van der Waals surface area contributed by atoms with E-state index in [9.17, 15) is 14.9 Å². The second-order valence-corrected chi connectivity index (χ2v) is 6.65. The topological polar surface area (TPSA) is 92.2 Å². The van der Waals surface area contributed by atoms with E-state index in [1.807, 2.05) is 6.07 Å². The predicted molar refractivity (Wildman–Crippen MR) is 105 cm³/mol. The maximum atomic E-state index is 12.9. The van der Waals surface area contributed by atoms with Crippen LogP contribution in [0.3, 0.4) is 0 Å². The monoisotopic (exact) mass is 430 g/mol. The molecule has 0 bridgehead atoms. The lowest BCUT2D eigenvalue weighted by Crippen LogP contribution is -2.08. The zero-order chi connectivity index (χ0) is 20.1. The van der Waals surface area contributed by atoms with Crippen LogP contribution < -0.4 is 4.74 Å². The molecule has 0 spiro atoms. The highest BCUT2D eigenvalue weighted by Gasteiger charge is 2.25. The number of rotatable bonds is 6. The first-order chi connectivity index (χ1) is 12.8. The van der Waals surface area contributed by atoms with Crippen LogP contribution in [0.25, 0.3) is 6.08 Å². The highest BCUT2D eigenvalue weighted by Crippen LogP contribution is 2.27. The number of aromatic amines is 1. The Kier molecular flexibility index (Phi) is 6.59. The Balaban J connectivity index is 2.50. The highest BCUT2D eigenvalue weighted by atomic mass is 79.9. The highest BCUT2D eigenvalue weighted by molar-refractivity contribution is 9.10. The normalized spacial score (nSPS) is 11.0. The molecule has 0 aliphatic heterocycles. The fraction of sp³-hybridized carbons (Fsp3) is 0.250. The number of H-pyrrole nitrogens is 1. The van der Waals surface area contributed by atoms with Crippen LogP contribution >= 0.6 is 15.9 Å². The molecule has 7 heteroatoms. The smallest absolute Gasteiger partial charge is 0.340 e. The molecule has 0 fully saturated rings. The predicted octanol–water partition coefficient (Wildman–Crippen LogP) is 4.37. The number of methoxy groups -OCH3 is 1. The lowest BCUT2D eigenvalue weighted by molar-refractivity contribution is 0.0525. The molecule has 6 nitrogen and oxygen atoms in total. The minimum atomic E-state index is -0.504. The fourth-order valence-corrected chi connectivity index (χ4v) is 3.12. The van der Waals surface area contributed by atoms with Crippen LogP contribution in [0.5, 0.6) is 5.75 Å². The summed E-state index contributed by atoms with van der Waals surface area (Å²) in [5.74, 6) is -0.472. The third kappa shape index (κ3) is 4.29. The summed E-state index contributed by atoms with van der Waals surface area (Å²) in [6.45, 7) is 5.28. The second-order valence-electron chi connectivity index (χ2n) is 5.73. The number of benzene rings is 1. The third-order valence-corrected chi connectivity index (χ3v) is 4.49. The van der Waals surface area contributed by atoms with Gasteiger partial charge >= 0.3 is 5.97 Å². The first-order valence-corrected chi connectivity index (χ1v) is 8.99. The van der Waals surface area contributed by atoms with Crippen LogP contribution in [0.4, 0.5) is 0 Å². The number of hydrogen-bond acceptors (Lipinski definition) is 5. The van der Waals surface area contributed by atoms with Gasteiger partial charge in [-0.05, 0) is 50.6 Å². The molecule has 140 valence electrons. The molecule has 1 heterocycles. The number of aromatic nitrogens is 1. The molecule has 0 unspecified atom stereocenters. The summed E-state index contributed by atoms with van der Waals surface area (Å²) in [6.07, 6.45) is 1.46. The standard InChI is InChI=1S/C20H19BrN2O4/c1-5-27-20(25)17-11(2)18(23-12(17)3)19(24)14(10-22)8-13-9-15(21)6-7-16(13)26-4/h6-9,23H,5H2,1-4H3/b14-8-. The SMILES string of the molecule is CCOC(=O)c1c(C)[nH]c(C(=O)/C(C#N)=C\c2cc(Br)ccc2OC)c1C. The van der Waals surface area contributed by atoms with Gasteiger partial charge in [-0.2, -0.15) is 5.26 Å². The molecule has 0 amide bonds. The number of nitrogens with zero attached hydrogens (tertiary/aromatic N) is 1. The Hall–Kier alpha value is -2.85. The number of nitrogens with one attached hydrogen (secondary N) is 1. The van der Waals surface area contributed by atoms with Crippen LogP contribution in [0.15, 0.2) is 28.2 Å². The molecule has 0 radical (unpaired) electrons. The van der Waals surface area contributed by atoms with Crippen LogP contribution in [0.2, 0.25) is 0 Å². The van der Waals surface area contributed by atoms with E-state index >= 15 is 0 Å². The number of ether oxygens (including phenoxy) is 2. The minimum absolute atomic E-state index is 0.0776. The van der Waals surface area contributed by atoms with Crippen LogP contribution in [-0.4, -0.2) is 30.5 Å². The fourth-order valence-electron chi connectivity index (χ4n) is 2.74. The van der Waals surface area contributed by atoms with Gasteiger partial charge in [-0.3, -0.25) is 4.79 Å². The van der Waals surface area contributed by atoms with Gasteiger partial charge in [0.1, 0.15) is 17.4 Å². The van der Waals surface area contributed by atoms with Crippen molar-refractivity contribution in [1.82, 2.24) is 4.98 Å². The average Bonchev–Trinajstić information content (AvgIpc) is 2.93. The summed E-state index contributed by atoms with van der Waals surface area (Å²) >= 11 is 3.36. The van der Waals surface area contributed by atoms with E-state index < -0.39 is 11.8 Å². The average molecular weight is 431 g/mol. The van der Waals surface area contributed by atoms with E-state index in [0.717, 1.165) is 4.47 Å². The number of aryl methyl sites for hydroxylation is 1. The Morgan fingerprint density at radius 3 is 2.63 bits per heavy atom. The van der Waals surface area contributed by atoms with Crippen molar-refractivity contribution in [3.63, 3.8) is 0 Å². The second kappa shape index (κ2) is 8.69. The summed E-state index contributed by atoms with van der Waals surface area (Å²) in [7, 11) is 1.51. The van der Waals surface area contributed by atoms with Gasteiger partial charge in [-0.1, -0.05) is 15.9 Å². The van der Waals surface area contributed by atoms with Gasteiger partial charge in [-0.25, -0.2) is 4.79 Å². The summed E-state index contributed by atoms with van der Waals surface area (Å²) in [5, 5.41) is 9.52. The zero-order valence-electron chi connectivity index (χ0n) is 15.5. The van der Waals surface area contributed by atoms with Crippen molar-refractivity contribution in [3.05, 3.63) is 56.3 Å². The van der Waals surface area contributed by atoms with E-state index in [2.05, 4.69) is 20.9 Å². The first kappa shape index (κ1) is 20.5. The van der Waals surface area contributed by atoms with E-state index in [1.54, 1.807) is 39.0 Å². The molecule has 0 saturated carbocycles. The first-order valence-electron chi connectivity index (χ1n) is 8.20. The molecule has 2 aromatic rings. The van der Waals surface area contributed by atoms with Gasteiger partial charge in [0.05, 0.1) is 25.0 Å². The van der Waals surface area contributed by atoms with Gasteiger partial charge in [0.2, 0.25) is 5.78 Å². The molecular weight excluding hydrogens is 412 g/mol. The third-order valence-electron chi connectivity index (χ3n) is 4.00. The summed E-state index contributed by atoms with van der Waals surface area (Å²) in [4.78, 5) is 27.9. The molecule has 0 saturated heterocycles. The Bertz CT molecular complexity index is 967. The maximum absolute atomic E-state index is 12.9. The number of ketones is 1. The van der Waals surface area contributed by atoms with Gasteiger partial charge in [0.15, 0.2) is 0 Å². The van der Waals surface area contributed by atoms with Crippen molar-refractivity contribution in [3.8, 4) is 11.8 Å². The maximum Gasteiger partial charge on any atom is 0.340 e. The van der Waals surface area contributed by atoms with Crippen molar-refractivity contribution in [2.24, 2.45) is 0 Å². The molecule has 0 atom stereocenters. The molecule has 1 aromatic carbocycles. The lowest BCUT2D eigenvalue weighted by atomic mass is 10.0. The van der Waals surface area contributed by atoms with E-state index in [1.165, 1.54) is 13.2 Å². The molecule has 1 N–H and O–H groups in total. The van der Waals surface area contributed by atoms with Crippen LogP contribution in [0, 0.1) is 25.2 Å². The van der Waals surface area contributed by atoms with Crippen molar-refractivity contribution < 1.29 is 19.1 Å². The van der Waals surface area contributed by atoms with E-state index in [-0.39, 0.29) is 17.9 Å². The van der Waals surface area contributed by atoms with Gasteiger partial charge in [0.25, 0.3) is 0 Å². The summed E-state index contributed by atoms with van der Waals surface area (Å²) in [6, 6.07) is 7.22. The number of hydrogen-bond donors (Lipinski definition) is 1. The largest absolute Gasteiger partial charge is 0.496 e. The number of carbonyl (C=O) groups is 2. The Morgan fingerprint density at radius 1 is 1.33 bits per heavy atom. The molecule has 2 rings (SSSR count). The number of Topliss-reactive ketones (excluding diaryl/α,β-unsaturated/α-hetero) is 1. The zero-order valence-corrected chi connectivity index (χ0v) is 17.1. The van der Waals surface area contributed by atoms with Crippen molar-refractivity contribution in [2.75, 3.05) is 13.7 Å². The number of allylic oxidation sites excluding steroid dienone is 1. The van der Waals surface area contributed by atoms with Crippen molar-refractivity contribution >= 4 is 33.8 Å². The molecule has 0 aliphatic carbocycles. The van der Waals surface area contributed by atoms with Gasteiger partial charge in [0, 0.05) is 15.7 Å². The summed E-state index contributed by atoms with van der Waals surface area (Å²) < 4.78 is 11.1. The lowest BCUT2D eigenvalue weighted by Gasteiger charge is -2.06. The number of nitriles is 1. The molecule has 27 heavy (non-hydrogen) atoms. The number of esters is 1. The molecular formula is C20H19BrN2O4. The quantitative estimate of drug-likeness (QED) is 0.317. The number of carbonyl (C=O) groups excluding carboxylic acids is 2. The number of halogens is 1. The van der Waals surface area contributed by atoms with E-state index in [0.29, 0.717) is 28.1 Å². The summed E-state index contributed by atoms with van der Waals surface area (Å²) in [5.41, 5.74) is 1.99. The Morgan fingerprint density at radius 2 is 2.04 bits per heavy atom. The van der Waals surface area contributed by atoms with Crippen LogP contribution in [-0.2, 0) is 4.74 Å². The van der Waals surface area contributed by atoms with Crippen molar-refractivity contribution in [2.45, 2.75) is 20.8 Å². The van der Waals surface area contributed by atoms with Crippen molar-refractivity contribution in [1.29, 1.82) is 5.26 Å². The molecule has 1 aromatic heterocycles. The molecule has 0 aliphatic rings.